The second-order valence-corrected chi connectivity index (χ2v) is 8.11. The molecule has 4 aromatic rings. The number of nitrogens with one attached hydrogen (secondary N) is 1. The van der Waals surface area contributed by atoms with E-state index >= 15 is 0 Å². The molecule has 1 aliphatic heterocycles. The molecule has 0 bridgehead atoms. The number of ether oxygens (including phenoxy) is 2. The molecule has 1 aromatic heterocycles. The summed E-state index contributed by atoms with van der Waals surface area (Å²) < 4.78 is 24.6. The number of aromatic nitrogens is 1. The van der Waals surface area contributed by atoms with Gasteiger partial charge in [0.25, 0.3) is 5.17 Å². The number of methoxy groups -OCH3 is 1. The Bertz CT molecular complexity index is 1290. The highest BCUT2D eigenvalue weighted by Gasteiger charge is 2.34. The summed E-state index contributed by atoms with van der Waals surface area (Å²) in [4.78, 5) is 5.64. The Hall–Kier alpha value is -3.58. The molecule has 2 heterocycles. The minimum Gasteiger partial charge on any atom is -0.497 e. The van der Waals surface area contributed by atoms with Crippen LogP contribution in [0.1, 0.15) is 22.9 Å². The molecule has 3 aromatic carbocycles. The number of nitrogens with zero attached hydrogens (tertiary/aromatic N) is 1. The number of fused-ring (bicyclic) bond motifs is 3. The van der Waals surface area contributed by atoms with E-state index in [0.717, 1.165) is 40.0 Å². The van der Waals surface area contributed by atoms with Gasteiger partial charge in [-0.05, 0) is 84.4 Å². The Balaban J connectivity index is 1.57. The van der Waals surface area contributed by atoms with Crippen molar-refractivity contribution in [1.82, 2.24) is 9.88 Å². The number of nitrogen functional groups attached to an aromatic ring is 1. The van der Waals surface area contributed by atoms with Crippen molar-refractivity contribution in [2.24, 2.45) is 0 Å². The van der Waals surface area contributed by atoms with E-state index in [1.54, 1.807) is 19.2 Å². The van der Waals surface area contributed by atoms with Crippen LogP contribution in [0.3, 0.4) is 0 Å². The minimum absolute atomic E-state index is 0.175. The molecule has 1 aliphatic rings. The van der Waals surface area contributed by atoms with E-state index in [2.05, 4.69) is 9.88 Å². The van der Waals surface area contributed by atoms with Gasteiger partial charge in [0, 0.05) is 28.8 Å². The highest BCUT2D eigenvalue weighted by Crippen LogP contribution is 2.39. The molecule has 5 nitrogen and oxygen atoms in total. The van der Waals surface area contributed by atoms with Gasteiger partial charge in [0.2, 0.25) is 0 Å². The summed E-state index contributed by atoms with van der Waals surface area (Å²) in [5, 5.41) is 1.46. The van der Waals surface area contributed by atoms with E-state index in [1.807, 2.05) is 42.5 Å². The Morgan fingerprint density at radius 1 is 1.06 bits per heavy atom. The van der Waals surface area contributed by atoms with Crippen LogP contribution >= 0.6 is 12.2 Å². The number of hydrogen-bond acceptors (Lipinski definition) is 4. The summed E-state index contributed by atoms with van der Waals surface area (Å²) in [6.07, 6.45) is 0.790. The van der Waals surface area contributed by atoms with Crippen molar-refractivity contribution in [2.45, 2.75) is 12.5 Å². The van der Waals surface area contributed by atoms with Crippen molar-refractivity contribution in [3.8, 4) is 11.5 Å². The molecule has 0 fully saturated rings. The lowest BCUT2D eigenvalue weighted by Crippen LogP contribution is -2.42. The summed E-state index contributed by atoms with van der Waals surface area (Å²) >= 11 is 5.70. The van der Waals surface area contributed by atoms with E-state index in [1.165, 1.54) is 17.7 Å². The van der Waals surface area contributed by atoms with Crippen LogP contribution in [0.4, 0.5) is 10.1 Å². The third kappa shape index (κ3) is 3.65. The molecule has 0 aliphatic carbocycles. The Morgan fingerprint density at radius 2 is 1.78 bits per heavy atom. The summed E-state index contributed by atoms with van der Waals surface area (Å²) in [5.41, 5.74) is 11.2. The molecule has 1 unspecified atom stereocenters. The van der Waals surface area contributed by atoms with Crippen molar-refractivity contribution in [3.63, 3.8) is 0 Å². The summed E-state index contributed by atoms with van der Waals surface area (Å²) in [6.45, 7) is 0.672. The zero-order valence-electron chi connectivity index (χ0n) is 17.5. The van der Waals surface area contributed by atoms with Gasteiger partial charge in [0.05, 0.1) is 13.2 Å². The third-order valence-corrected chi connectivity index (χ3v) is 6.15. The lowest BCUT2D eigenvalue weighted by atomic mass is 9.92. The number of benzene rings is 3. The zero-order chi connectivity index (χ0) is 22.2. The predicted molar refractivity (Wildman–Crippen MR) is 128 cm³/mol. The zero-order valence-corrected chi connectivity index (χ0v) is 18.3. The number of rotatable bonds is 3. The Kier molecular flexibility index (Phi) is 5.19. The number of hydrogen-bond donors (Lipinski definition) is 2. The first kappa shape index (κ1) is 20.3. The molecular weight excluding hydrogens is 425 g/mol. The minimum atomic E-state index is -0.320. The SMILES string of the molecule is COc1ccc(C2c3[nH]c4ccc(N)cc4c3CCN2C(=S)Oc2ccc(F)cc2)cc1. The molecule has 162 valence electrons. The number of anilines is 1. The molecule has 7 heteroatoms. The smallest absolute Gasteiger partial charge is 0.265 e. The first-order valence-corrected chi connectivity index (χ1v) is 10.7. The quantitative estimate of drug-likeness (QED) is 0.333. The van der Waals surface area contributed by atoms with Crippen molar-refractivity contribution in [3.05, 3.63) is 89.4 Å². The van der Waals surface area contributed by atoms with Crippen molar-refractivity contribution in [1.29, 1.82) is 0 Å². The van der Waals surface area contributed by atoms with Crippen LogP contribution in [0.25, 0.3) is 10.9 Å². The van der Waals surface area contributed by atoms with Crippen molar-refractivity contribution < 1.29 is 13.9 Å². The molecule has 3 N–H and O–H groups in total. The Labute approximate surface area is 190 Å². The topological polar surface area (TPSA) is 63.5 Å². The largest absolute Gasteiger partial charge is 0.497 e. The van der Waals surface area contributed by atoms with Crippen LogP contribution in [0.5, 0.6) is 11.5 Å². The summed E-state index contributed by atoms with van der Waals surface area (Å²) in [7, 11) is 1.65. The maximum Gasteiger partial charge on any atom is 0.265 e. The van der Waals surface area contributed by atoms with Gasteiger partial charge in [-0.1, -0.05) is 12.1 Å². The van der Waals surface area contributed by atoms with Gasteiger partial charge < -0.3 is 25.1 Å². The van der Waals surface area contributed by atoms with Gasteiger partial charge in [0.1, 0.15) is 17.3 Å². The van der Waals surface area contributed by atoms with Gasteiger partial charge in [-0.25, -0.2) is 4.39 Å². The van der Waals surface area contributed by atoms with Crippen molar-refractivity contribution in [2.75, 3.05) is 19.4 Å². The maximum absolute atomic E-state index is 13.3. The van der Waals surface area contributed by atoms with Crippen LogP contribution in [0.2, 0.25) is 0 Å². The molecule has 1 atom stereocenters. The maximum atomic E-state index is 13.3. The fourth-order valence-corrected chi connectivity index (χ4v) is 4.59. The fraction of sp³-hybridized carbons (Fsp3) is 0.160. The number of H-pyrrole nitrogens is 1. The number of aromatic amines is 1. The highest BCUT2D eigenvalue weighted by molar-refractivity contribution is 7.80. The second kappa shape index (κ2) is 8.16. The molecule has 0 spiro atoms. The lowest BCUT2D eigenvalue weighted by Gasteiger charge is -2.37. The summed E-state index contributed by atoms with van der Waals surface area (Å²) in [6, 6.07) is 19.5. The van der Waals surface area contributed by atoms with E-state index in [0.29, 0.717) is 17.5 Å². The summed E-state index contributed by atoms with van der Waals surface area (Å²) in [5.74, 6) is 0.963. The molecule has 32 heavy (non-hydrogen) atoms. The van der Waals surface area contributed by atoms with Crippen LogP contribution in [0.15, 0.2) is 66.7 Å². The van der Waals surface area contributed by atoms with E-state index in [-0.39, 0.29) is 11.9 Å². The van der Waals surface area contributed by atoms with Gasteiger partial charge in [-0.15, -0.1) is 0 Å². The third-order valence-electron chi connectivity index (χ3n) is 5.84. The van der Waals surface area contributed by atoms with Gasteiger partial charge in [-0.2, -0.15) is 0 Å². The van der Waals surface area contributed by atoms with Crippen LogP contribution in [-0.4, -0.2) is 28.7 Å². The van der Waals surface area contributed by atoms with Gasteiger partial charge >= 0.3 is 0 Å². The first-order chi connectivity index (χ1) is 15.5. The highest BCUT2D eigenvalue weighted by atomic mass is 32.1. The first-order valence-electron chi connectivity index (χ1n) is 10.3. The molecule has 0 saturated heterocycles. The number of thiocarbonyl (C=S) groups is 1. The second-order valence-electron chi connectivity index (χ2n) is 7.76. The fourth-order valence-electron chi connectivity index (χ4n) is 4.30. The van der Waals surface area contributed by atoms with Crippen LogP contribution in [-0.2, 0) is 6.42 Å². The standard InChI is InChI=1S/C25H22FN3O2S/c1-30-18-7-2-15(3-8-18)24-23-20(21-14-17(27)6-11-22(21)28-23)12-13-29(24)25(32)31-19-9-4-16(26)5-10-19/h2-11,14,24,28H,12-13,27H2,1H3. The van der Waals surface area contributed by atoms with Crippen LogP contribution in [0, 0.1) is 5.82 Å². The molecule has 0 radical (unpaired) electrons. The van der Waals surface area contributed by atoms with E-state index < -0.39 is 0 Å². The normalized spacial score (nSPS) is 15.4. The average molecular weight is 448 g/mol. The van der Waals surface area contributed by atoms with Crippen molar-refractivity contribution >= 4 is 34.0 Å². The van der Waals surface area contributed by atoms with E-state index in [4.69, 9.17) is 27.4 Å². The molecule has 0 saturated carbocycles. The predicted octanol–water partition coefficient (Wildman–Crippen LogP) is 5.21. The molecule has 0 amide bonds. The van der Waals surface area contributed by atoms with E-state index in [9.17, 15) is 4.39 Å². The molecule has 5 rings (SSSR count). The van der Waals surface area contributed by atoms with Gasteiger partial charge in [-0.3, -0.25) is 0 Å². The Morgan fingerprint density at radius 3 is 2.50 bits per heavy atom. The number of nitrogens with two attached hydrogens (primary N) is 1. The monoisotopic (exact) mass is 447 g/mol. The number of halogens is 1. The lowest BCUT2D eigenvalue weighted by molar-refractivity contribution is 0.289. The van der Waals surface area contributed by atoms with Crippen LogP contribution < -0.4 is 15.2 Å². The average Bonchev–Trinajstić information content (AvgIpc) is 3.18. The molecular formula is C25H22FN3O2S. The van der Waals surface area contributed by atoms with Gasteiger partial charge in [0.15, 0.2) is 0 Å².